The monoisotopic (exact) mass is 490 g/mol. The molecule has 1 aromatic carbocycles. The zero-order chi connectivity index (χ0) is 24.6. The SMILES string of the molecule is CC1CN(c2ccn3ncc(-c4ccc(-c5nccn5COCC[Si](C)(C)C)cc4)c3n2)C(=O)O1. The number of carbonyl (C=O) groups excluding carboxylic acids is 1. The second kappa shape index (κ2) is 9.27. The molecule has 3 aromatic heterocycles. The topological polar surface area (TPSA) is 86.8 Å². The van der Waals surface area contributed by atoms with Gasteiger partial charge < -0.3 is 14.0 Å². The van der Waals surface area contributed by atoms with Crippen LogP contribution in [0.3, 0.4) is 0 Å². The Kier molecular flexibility index (Phi) is 6.16. The fraction of sp³-hybridized carbons (Fsp3) is 0.360. The summed E-state index contributed by atoms with van der Waals surface area (Å²) in [6.07, 6.45) is 6.81. The van der Waals surface area contributed by atoms with Gasteiger partial charge in [0.1, 0.15) is 24.5 Å². The third-order valence-electron chi connectivity index (χ3n) is 5.99. The van der Waals surface area contributed by atoms with Gasteiger partial charge in [-0.3, -0.25) is 4.90 Å². The molecule has 1 aliphatic heterocycles. The fourth-order valence-electron chi connectivity index (χ4n) is 4.02. The van der Waals surface area contributed by atoms with Crippen molar-refractivity contribution in [1.82, 2.24) is 24.1 Å². The molecule has 0 radical (unpaired) electrons. The van der Waals surface area contributed by atoms with E-state index in [1.165, 1.54) is 0 Å². The van der Waals surface area contributed by atoms with Gasteiger partial charge in [-0.1, -0.05) is 43.9 Å². The first-order valence-corrected chi connectivity index (χ1v) is 15.5. The summed E-state index contributed by atoms with van der Waals surface area (Å²) in [7, 11) is -1.11. The van der Waals surface area contributed by atoms with Gasteiger partial charge in [0.05, 0.1) is 12.7 Å². The number of anilines is 1. The smallest absolute Gasteiger partial charge is 0.415 e. The predicted molar refractivity (Wildman–Crippen MR) is 137 cm³/mol. The highest BCUT2D eigenvalue weighted by Crippen LogP contribution is 2.28. The lowest BCUT2D eigenvalue weighted by Crippen LogP contribution is -2.25. The average Bonchev–Trinajstić information content (AvgIpc) is 3.54. The number of fused-ring (bicyclic) bond motifs is 1. The van der Waals surface area contributed by atoms with Gasteiger partial charge in [-0.05, 0) is 24.6 Å². The molecule has 0 spiro atoms. The molecule has 4 heterocycles. The number of carbonyl (C=O) groups is 1. The van der Waals surface area contributed by atoms with Crippen LogP contribution in [0.1, 0.15) is 6.92 Å². The number of aromatic nitrogens is 5. The predicted octanol–water partition coefficient (Wildman–Crippen LogP) is 4.92. The highest BCUT2D eigenvalue weighted by atomic mass is 28.3. The molecule has 35 heavy (non-hydrogen) atoms. The summed E-state index contributed by atoms with van der Waals surface area (Å²) in [6, 6.07) is 11.1. The van der Waals surface area contributed by atoms with E-state index in [1.807, 2.05) is 48.1 Å². The van der Waals surface area contributed by atoms with Gasteiger partial charge in [0, 0.05) is 44.4 Å². The van der Waals surface area contributed by atoms with Crippen LogP contribution in [-0.4, -0.2) is 57.6 Å². The Bertz CT molecular complexity index is 1340. The first kappa shape index (κ1) is 23.2. The molecule has 0 N–H and O–H groups in total. The van der Waals surface area contributed by atoms with E-state index in [4.69, 9.17) is 14.5 Å². The fourth-order valence-corrected chi connectivity index (χ4v) is 4.78. The van der Waals surface area contributed by atoms with Gasteiger partial charge in [-0.15, -0.1) is 0 Å². The van der Waals surface area contributed by atoms with Gasteiger partial charge in [0.25, 0.3) is 0 Å². The number of benzene rings is 1. The summed E-state index contributed by atoms with van der Waals surface area (Å²) in [4.78, 5) is 23.0. The zero-order valence-electron chi connectivity index (χ0n) is 20.5. The molecule has 1 aliphatic rings. The number of cyclic esters (lactones) is 1. The van der Waals surface area contributed by atoms with E-state index in [0.29, 0.717) is 24.7 Å². The minimum absolute atomic E-state index is 0.157. The van der Waals surface area contributed by atoms with Crippen LogP contribution in [0.4, 0.5) is 10.6 Å². The van der Waals surface area contributed by atoms with Crippen LogP contribution in [-0.2, 0) is 16.2 Å². The summed E-state index contributed by atoms with van der Waals surface area (Å²) in [6.45, 7) is 10.6. The Labute approximate surface area is 205 Å². The van der Waals surface area contributed by atoms with Crippen molar-refractivity contribution in [2.24, 2.45) is 0 Å². The number of nitrogens with zero attached hydrogens (tertiary/aromatic N) is 6. The molecular weight excluding hydrogens is 460 g/mol. The minimum Gasteiger partial charge on any atom is -0.444 e. The summed E-state index contributed by atoms with van der Waals surface area (Å²) >= 11 is 0. The zero-order valence-corrected chi connectivity index (χ0v) is 21.5. The molecule has 9 nitrogen and oxygen atoms in total. The molecule has 0 saturated carbocycles. The Morgan fingerprint density at radius 1 is 1.11 bits per heavy atom. The van der Waals surface area contributed by atoms with Crippen molar-refractivity contribution in [2.45, 2.75) is 45.4 Å². The van der Waals surface area contributed by atoms with Crippen LogP contribution in [0.25, 0.3) is 28.2 Å². The number of rotatable bonds is 8. The van der Waals surface area contributed by atoms with Crippen molar-refractivity contribution in [3.8, 4) is 22.5 Å². The maximum Gasteiger partial charge on any atom is 0.415 e. The molecule has 1 amide bonds. The molecular formula is C25H30N6O3Si. The van der Waals surface area contributed by atoms with Crippen molar-refractivity contribution in [3.63, 3.8) is 0 Å². The molecule has 1 atom stereocenters. The second-order valence-electron chi connectivity index (χ2n) is 10.1. The summed E-state index contributed by atoms with van der Waals surface area (Å²) in [5, 5.41) is 4.43. The highest BCUT2D eigenvalue weighted by molar-refractivity contribution is 6.76. The molecule has 4 aromatic rings. The standard InChI is InChI=1S/C25H30N6O3Si/c1-18-16-30(25(32)34-18)22-9-11-31-24(28-22)21(15-27-31)19-5-7-20(8-6-19)23-26-10-12-29(23)17-33-13-14-35(2,3)4/h5-12,15,18H,13-14,16-17H2,1-4H3. The van der Waals surface area contributed by atoms with Gasteiger partial charge in [-0.2, -0.15) is 5.10 Å². The molecule has 1 unspecified atom stereocenters. The highest BCUT2D eigenvalue weighted by Gasteiger charge is 2.30. The van der Waals surface area contributed by atoms with E-state index in [9.17, 15) is 4.79 Å². The first-order valence-electron chi connectivity index (χ1n) is 11.8. The number of amides is 1. The molecule has 1 saturated heterocycles. The lowest BCUT2D eigenvalue weighted by atomic mass is 10.1. The van der Waals surface area contributed by atoms with Gasteiger partial charge in [-0.25, -0.2) is 19.3 Å². The van der Waals surface area contributed by atoms with Crippen LogP contribution < -0.4 is 4.90 Å². The van der Waals surface area contributed by atoms with Crippen molar-refractivity contribution < 1.29 is 14.3 Å². The summed E-state index contributed by atoms with van der Waals surface area (Å²) < 4.78 is 14.9. The van der Waals surface area contributed by atoms with Crippen LogP contribution in [0.5, 0.6) is 0 Å². The normalized spacial score (nSPS) is 16.3. The van der Waals surface area contributed by atoms with Crippen molar-refractivity contribution in [1.29, 1.82) is 0 Å². The Hall–Kier alpha value is -3.50. The quantitative estimate of drug-likeness (QED) is 0.257. The number of imidazole rings is 1. The second-order valence-corrected chi connectivity index (χ2v) is 15.7. The van der Waals surface area contributed by atoms with Gasteiger partial charge in [0.2, 0.25) is 0 Å². The van der Waals surface area contributed by atoms with Crippen LogP contribution in [0.2, 0.25) is 25.7 Å². The first-order chi connectivity index (χ1) is 16.8. The lowest BCUT2D eigenvalue weighted by Gasteiger charge is -2.16. The van der Waals surface area contributed by atoms with E-state index >= 15 is 0 Å². The van der Waals surface area contributed by atoms with Crippen LogP contribution >= 0.6 is 0 Å². The maximum absolute atomic E-state index is 12.1. The van der Waals surface area contributed by atoms with Crippen molar-refractivity contribution in [3.05, 3.63) is 55.1 Å². The molecule has 0 bridgehead atoms. The average molecular weight is 491 g/mol. The van der Waals surface area contributed by atoms with Crippen LogP contribution in [0.15, 0.2) is 55.1 Å². The van der Waals surface area contributed by atoms with E-state index in [-0.39, 0.29) is 12.2 Å². The van der Waals surface area contributed by atoms with Crippen LogP contribution in [0, 0.1) is 0 Å². The molecule has 10 heteroatoms. The van der Waals surface area contributed by atoms with E-state index in [2.05, 4.69) is 29.7 Å². The molecule has 1 fully saturated rings. The largest absolute Gasteiger partial charge is 0.444 e. The minimum atomic E-state index is -1.11. The molecule has 182 valence electrons. The maximum atomic E-state index is 12.1. The van der Waals surface area contributed by atoms with Crippen molar-refractivity contribution >= 4 is 25.6 Å². The van der Waals surface area contributed by atoms with E-state index < -0.39 is 8.07 Å². The number of hydrogen-bond donors (Lipinski definition) is 0. The molecule has 0 aliphatic carbocycles. The third kappa shape index (κ3) is 4.98. The third-order valence-corrected chi connectivity index (χ3v) is 7.69. The lowest BCUT2D eigenvalue weighted by molar-refractivity contribution is 0.0883. The number of ether oxygens (including phenoxy) is 2. The Morgan fingerprint density at radius 2 is 1.89 bits per heavy atom. The molecule has 5 rings (SSSR count). The van der Waals surface area contributed by atoms with Gasteiger partial charge in [0.15, 0.2) is 5.65 Å². The summed E-state index contributed by atoms with van der Waals surface area (Å²) in [5.41, 5.74) is 3.55. The van der Waals surface area contributed by atoms with E-state index in [1.54, 1.807) is 27.9 Å². The number of hydrogen-bond acceptors (Lipinski definition) is 6. The Morgan fingerprint density at radius 3 is 2.60 bits per heavy atom. The van der Waals surface area contributed by atoms with Crippen molar-refractivity contribution in [2.75, 3.05) is 18.1 Å². The van der Waals surface area contributed by atoms with Gasteiger partial charge >= 0.3 is 6.09 Å². The van der Waals surface area contributed by atoms with E-state index in [0.717, 1.165) is 35.2 Å². The Balaban J connectivity index is 1.35. The summed E-state index contributed by atoms with van der Waals surface area (Å²) in [5.74, 6) is 1.42.